The maximum absolute atomic E-state index is 6.66. The summed E-state index contributed by atoms with van der Waals surface area (Å²) in [6, 6.07) is 5.66. The lowest BCUT2D eigenvalue weighted by atomic mass is 9.65. The van der Waals surface area contributed by atoms with Crippen molar-refractivity contribution in [2.24, 2.45) is 17.1 Å². The number of halogens is 2. The Bertz CT molecular complexity index is 488. The van der Waals surface area contributed by atoms with Crippen molar-refractivity contribution in [2.75, 3.05) is 0 Å². The molecule has 0 heterocycles. The highest BCUT2D eigenvalue weighted by Gasteiger charge is 2.37. The van der Waals surface area contributed by atoms with E-state index < -0.39 is 0 Å². The summed E-state index contributed by atoms with van der Waals surface area (Å²) in [6.45, 7) is 7.06. The first-order chi connectivity index (χ1) is 9.76. The van der Waals surface area contributed by atoms with Gasteiger partial charge in [0.05, 0.1) is 0 Å². The molecule has 1 aliphatic rings. The van der Waals surface area contributed by atoms with Gasteiger partial charge in [-0.2, -0.15) is 0 Å². The molecule has 1 fully saturated rings. The molecule has 0 aliphatic heterocycles. The van der Waals surface area contributed by atoms with E-state index in [2.05, 4.69) is 20.8 Å². The van der Waals surface area contributed by atoms with E-state index in [0.29, 0.717) is 5.41 Å². The van der Waals surface area contributed by atoms with Gasteiger partial charge in [-0.05, 0) is 67.2 Å². The van der Waals surface area contributed by atoms with Gasteiger partial charge in [0.25, 0.3) is 0 Å². The topological polar surface area (TPSA) is 26.0 Å². The monoisotopic (exact) mass is 327 g/mol. The normalized spacial score (nSPS) is 26.9. The molecule has 1 nitrogen and oxygen atoms in total. The highest BCUT2D eigenvalue weighted by atomic mass is 35.5. The van der Waals surface area contributed by atoms with Crippen LogP contribution in [0, 0.1) is 11.3 Å². The van der Waals surface area contributed by atoms with Crippen molar-refractivity contribution in [1.29, 1.82) is 0 Å². The zero-order valence-corrected chi connectivity index (χ0v) is 14.9. The van der Waals surface area contributed by atoms with E-state index in [1.54, 1.807) is 0 Å². The molecule has 0 radical (unpaired) electrons. The maximum Gasteiger partial charge on any atom is 0.0439 e. The standard InChI is InChI=1S/C18H27Cl2N/c1-4-17(2,3)14-7-9-18(21,10-8-14)12-13-11-15(19)5-6-16(13)20/h5-6,11,14H,4,7-10,12,21H2,1-3H3. The summed E-state index contributed by atoms with van der Waals surface area (Å²) in [5.41, 5.74) is 8.03. The van der Waals surface area contributed by atoms with Crippen LogP contribution in [0.3, 0.4) is 0 Å². The van der Waals surface area contributed by atoms with Crippen LogP contribution in [-0.2, 0) is 6.42 Å². The highest BCUT2D eigenvalue weighted by molar-refractivity contribution is 6.33. The fourth-order valence-electron chi connectivity index (χ4n) is 3.50. The number of rotatable bonds is 4. The van der Waals surface area contributed by atoms with E-state index in [1.807, 2.05) is 18.2 Å². The molecule has 0 spiro atoms. The van der Waals surface area contributed by atoms with Crippen LogP contribution in [0.4, 0.5) is 0 Å². The van der Waals surface area contributed by atoms with Gasteiger partial charge in [-0.25, -0.2) is 0 Å². The highest BCUT2D eigenvalue weighted by Crippen LogP contribution is 2.43. The fourth-order valence-corrected chi connectivity index (χ4v) is 3.88. The van der Waals surface area contributed by atoms with Crippen LogP contribution in [-0.4, -0.2) is 5.54 Å². The van der Waals surface area contributed by atoms with Gasteiger partial charge >= 0.3 is 0 Å². The van der Waals surface area contributed by atoms with Crippen LogP contribution in [0.25, 0.3) is 0 Å². The molecular weight excluding hydrogens is 301 g/mol. The zero-order chi connectivity index (χ0) is 15.7. The van der Waals surface area contributed by atoms with Gasteiger partial charge in [0.15, 0.2) is 0 Å². The molecule has 0 saturated heterocycles. The number of benzene rings is 1. The number of hydrogen-bond acceptors (Lipinski definition) is 1. The van der Waals surface area contributed by atoms with Crippen molar-refractivity contribution in [2.45, 2.75) is 64.8 Å². The molecule has 0 atom stereocenters. The molecule has 1 aromatic rings. The van der Waals surface area contributed by atoms with Crippen molar-refractivity contribution in [3.05, 3.63) is 33.8 Å². The van der Waals surface area contributed by atoms with Crippen molar-refractivity contribution in [1.82, 2.24) is 0 Å². The molecule has 3 heteroatoms. The van der Waals surface area contributed by atoms with Crippen molar-refractivity contribution in [3.8, 4) is 0 Å². The van der Waals surface area contributed by atoms with Gasteiger partial charge in [0, 0.05) is 15.6 Å². The zero-order valence-electron chi connectivity index (χ0n) is 13.4. The number of nitrogens with two attached hydrogens (primary N) is 1. The molecule has 0 amide bonds. The first-order valence-corrected chi connectivity index (χ1v) is 8.74. The Morgan fingerprint density at radius 1 is 1.24 bits per heavy atom. The minimum absolute atomic E-state index is 0.130. The SMILES string of the molecule is CCC(C)(C)C1CCC(N)(Cc2cc(Cl)ccc2Cl)CC1. The molecule has 0 bridgehead atoms. The quantitative estimate of drug-likeness (QED) is 0.736. The predicted molar refractivity (Wildman–Crippen MR) is 93.1 cm³/mol. The Kier molecular flexibility index (Phi) is 5.28. The lowest BCUT2D eigenvalue weighted by Gasteiger charge is -2.43. The molecule has 2 rings (SSSR count). The van der Waals surface area contributed by atoms with E-state index in [0.717, 1.165) is 40.8 Å². The third-order valence-corrected chi connectivity index (χ3v) is 6.15. The van der Waals surface area contributed by atoms with Crippen molar-refractivity contribution < 1.29 is 0 Å². The largest absolute Gasteiger partial charge is 0.325 e. The molecular formula is C18H27Cl2N. The predicted octanol–water partition coefficient (Wildman–Crippen LogP) is 5.86. The second kappa shape index (κ2) is 6.48. The second-order valence-electron chi connectivity index (χ2n) is 7.39. The van der Waals surface area contributed by atoms with Crippen molar-refractivity contribution >= 4 is 23.2 Å². The lowest BCUT2D eigenvalue weighted by Crippen LogP contribution is -2.47. The summed E-state index contributed by atoms with van der Waals surface area (Å²) in [5.74, 6) is 0.786. The third kappa shape index (κ3) is 4.15. The van der Waals surface area contributed by atoms with Crippen molar-refractivity contribution in [3.63, 3.8) is 0 Å². The summed E-state index contributed by atoms with van der Waals surface area (Å²) < 4.78 is 0. The van der Waals surface area contributed by atoms with Gasteiger partial charge in [0.2, 0.25) is 0 Å². The molecule has 0 unspecified atom stereocenters. The fraction of sp³-hybridized carbons (Fsp3) is 0.667. The van der Waals surface area contributed by atoms with Gasteiger partial charge in [-0.1, -0.05) is 50.4 Å². The second-order valence-corrected chi connectivity index (χ2v) is 8.23. The average Bonchev–Trinajstić information content (AvgIpc) is 2.43. The van der Waals surface area contributed by atoms with Gasteiger partial charge in [-0.3, -0.25) is 0 Å². The Morgan fingerprint density at radius 2 is 1.86 bits per heavy atom. The average molecular weight is 328 g/mol. The molecule has 2 N–H and O–H groups in total. The minimum Gasteiger partial charge on any atom is -0.325 e. The van der Waals surface area contributed by atoms with Crippen LogP contribution in [0.5, 0.6) is 0 Å². The maximum atomic E-state index is 6.66. The van der Waals surface area contributed by atoms with Gasteiger partial charge in [-0.15, -0.1) is 0 Å². The van der Waals surface area contributed by atoms with Crippen LogP contribution in [0.2, 0.25) is 10.0 Å². The summed E-state index contributed by atoms with van der Waals surface area (Å²) in [6.07, 6.45) is 6.64. The molecule has 0 aromatic heterocycles. The van der Waals surface area contributed by atoms with E-state index in [-0.39, 0.29) is 5.54 Å². The first kappa shape index (κ1) is 17.1. The van der Waals surface area contributed by atoms with Crippen LogP contribution < -0.4 is 5.73 Å². The Morgan fingerprint density at radius 3 is 2.43 bits per heavy atom. The molecule has 1 aromatic carbocycles. The molecule has 21 heavy (non-hydrogen) atoms. The van der Waals surface area contributed by atoms with Gasteiger partial charge < -0.3 is 5.73 Å². The molecule has 118 valence electrons. The van der Waals surface area contributed by atoms with E-state index in [4.69, 9.17) is 28.9 Å². The van der Waals surface area contributed by atoms with Crippen LogP contribution >= 0.6 is 23.2 Å². The summed E-state index contributed by atoms with van der Waals surface area (Å²) in [4.78, 5) is 0. The molecule has 1 aliphatic carbocycles. The first-order valence-electron chi connectivity index (χ1n) is 7.98. The van der Waals surface area contributed by atoms with Crippen LogP contribution in [0.15, 0.2) is 18.2 Å². The van der Waals surface area contributed by atoms with Gasteiger partial charge in [0.1, 0.15) is 0 Å². The van der Waals surface area contributed by atoms with E-state index >= 15 is 0 Å². The number of hydrogen-bond donors (Lipinski definition) is 1. The van der Waals surface area contributed by atoms with E-state index in [1.165, 1.54) is 19.3 Å². The summed E-state index contributed by atoms with van der Waals surface area (Å²) in [5, 5.41) is 1.51. The lowest BCUT2D eigenvalue weighted by molar-refractivity contribution is 0.115. The Labute approximate surface area is 139 Å². The van der Waals surface area contributed by atoms with Crippen LogP contribution in [0.1, 0.15) is 58.4 Å². The third-order valence-electron chi connectivity index (χ3n) is 5.55. The molecule has 1 saturated carbocycles. The summed E-state index contributed by atoms with van der Waals surface area (Å²) in [7, 11) is 0. The minimum atomic E-state index is -0.130. The smallest absolute Gasteiger partial charge is 0.0439 e. The summed E-state index contributed by atoms with van der Waals surface area (Å²) >= 11 is 12.4. The Balaban J connectivity index is 2.04. The Hall–Kier alpha value is -0.240. The van der Waals surface area contributed by atoms with E-state index in [9.17, 15) is 0 Å².